The van der Waals surface area contributed by atoms with Crippen molar-refractivity contribution in [2.75, 3.05) is 26.5 Å². The third-order valence-electron chi connectivity index (χ3n) is 3.97. The van der Waals surface area contributed by atoms with Crippen molar-refractivity contribution >= 4 is 11.8 Å². The maximum atomic E-state index is 5.46. The summed E-state index contributed by atoms with van der Waals surface area (Å²) in [5.41, 5.74) is 1.31. The van der Waals surface area contributed by atoms with Gasteiger partial charge >= 0.3 is 0 Å². The van der Waals surface area contributed by atoms with E-state index in [9.17, 15) is 0 Å². The molecule has 1 aromatic rings. The summed E-state index contributed by atoms with van der Waals surface area (Å²) in [5.74, 6) is 2.90. The van der Waals surface area contributed by atoms with Crippen molar-refractivity contribution in [2.24, 2.45) is 0 Å². The summed E-state index contributed by atoms with van der Waals surface area (Å²) in [4.78, 5) is 0. The minimum atomic E-state index is 0.398. The van der Waals surface area contributed by atoms with Gasteiger partial charge in [0.15, 0.2) is 11.5 Å². The highest BCUT2D eigenvalue weighted by Gasteiger charge is 2.25. The van der Waals surface area contributed by atoms with Crippen LogP contribution < -0.4 is 14.8 Å². The van der Waals surface area contributed by atoms with Crippen molar-refractivity contribution in [3.05, 3.63) is 23.8 Å². The van der Waals surface area contributed by atoms with Crippen LogP contribution in [-0.4, -0.2) is 31.8 Å². The maximum Gasteiger partial charge on any atom is 0.161 e. The molecule has 2 atom stereocenters. The second-order valence-corrected chi connectivity index (χ2v) is 6.80. The van der Waals surface area contributed by atoms with Gasteiger partial charge in [-0.15, -0.1) is 0 Å². The molecule has 2 rings (SSSR count). The van der Waals surface area contributed by atoms with E-state index in [2.05, 4.69) is 36.1 Å². The molecule has 2 unspecified atom stereocenters. The van der Waals surface area contributed by atoms with Crippen LogP contribution in [0.4, 0.5) is 0 Å². The van der Waals surface area contributed by atoms with Crippen molar-refractivity contribution in [3.63, 3.8) is 0 Å². The Morgan fingerprint density at radius 1 is 1.24 bits per heavy atom. The Morgan fingerprint density at radius 3 is 2.67 bits per heavy atom. The molecule has 1 fully saturated rings. The van der Waals surface area contributed by atoms with Crippen molar-refractivity contribution < 1.29 is 9.47 Å². The lowest BCUT2D eigenvalue weighted by Gasteiger charge is -2.31. The minimum absolute atomic E-state index is 0.398. The van der Waals surface area contributed by atoms with Crippen LogP contribution in [0.3, 0.4) is 0 Å². The van der Waals surface area contributed by atoms with Crippen molar-refractivity contribution in [3.8, 4) is 11.5 Å². The van der Waals surface area contributed by atoms with E-state index in [-0.39, 0.29) is 0 Å². The monoisotopic (exact) mass is 309 g/mol. The number of ether oxygens (including phenoxy) is 2. The zero-order chi connectivity index (χ0) is 15.1. The van der Waals surface area contributed by atoms with Crippen LogP contribution in [0.5, 0.6) is 11.5 Å². The Balaban J connectivity index is 2.22. The lowest BCUT2D eigenvalue weighted by atomic mass is 9.98. The SMILES string of the molecule is CCCNC(c1ccc(OC)c(OC)c1)C1CCCCS1. The van der Waals surface area contributed by atoms with Crippen LogP contribution in [0, 0.1) is 0 Å². The Morgan fingerprint density at radius 2 is 2.05 bits per heavy atom. The summed E-state index contributed by atoms with van der Waals surface area (Å²) >= 11 is 2.11. The number of rotatable bonds is 7. The molecule has 0 aromatic heterocycles. The lowest BCUT2D eigenvalue weighted by Crippen LogP contribution is -2.32. The summed E-state index contributed by atoms with van der Waals surface area (Å²) in [5, 5.41) is 4.38. The molecule has 21 heavy (non-hydrogen) atoms. The van der Waals surface area contributed by atoms with Gasteiger partial charge in [0.1, 0.15) is 0 Å². The number of benzene rings is 1. The van der Waals surface area contributed by atoms with Gasteiger partial charge in [-0.1, -0.05) is 19.4 Å². The molecule has 0 spiro atoms. The second-order valence-electron chi connectivity index (χ2n) is 5.45. The summed E-state index contributed by atoms with van der Waals surface area (Å²) in [6, 6.07) is 6.71. The molecule has 1 aliphatic rings. The molecular formula is C17H27NO2S. The molecule has 1 aromatic carbocycles. The average Bonchev–Trinajstić information content (AvgIpc) is 2.56. The van der Waals surface area contributed by atoms with Crippen LogP contribution in [-0.2, 0) is 0 Å². The molecule has 1 saturated heterocycles. The molecule has 0 bridgehead atoms. The largest absolute Gasteiger partial charge is 0.493 e. The quantitative estimate of drug-likeness (QED) is 0.824. The normalized spacial score (nSPS) is 20.0. The van der Waals surface area contributed by atoms with Gasteiger partial charge in [0, 0.05) is 11.3 Å². The van der Waals surface area contributed by atoms with E-state index in [0.29, 0.717) is 11.3 Å². The summed E-state index contributed by atoms with van der Waals surface area (Å²) in [6.07, 6.45) is 5.14. The van der Waals surface area contributed by atoms with Crippen LogP contribution in [0.15, 0.2) is 18.2 Å². The first kappa shape index (κ1) is 16.5. The Kier molecular flexibility index (Phi) is 6.71. The Hall–Kier alpha value is -0.870. The van der Waals surface area contributed by atoms with E-state index in [1.807, 2.05) is 6.07 Å². The first-order valence-electron chi connectivity index (χ1n) is 7.87. The Labute approximate surface area is 132 Å². The van der Waals surface area contributed by atoms with Gasteiger partial charge in [-0.25, -0.2) is 0 Å². The van der Waals surface area contributed by atoms with Crippen LogP contribution in [0.1, 0.15) is 44.2 Å². The van der Waals surface area contributed by atoms with E-state index in [0.717, 1.165) is 24.5 Å². The third kappa shape index (κ3) is 4.30. The number of hydrogen-bond acceptors (Lipinski definition) is 4. The second kappa shape index (κ2) is 8.54. The molecule has 0 saturated carbocycles. The molecular weight excluding hydrogens is 282 g/mol. The van der Waals surface area contributed by atoms with Crippen molar-refractivity contribution in [1.82, 2.24) is 5.32 Å². The van der Waals surface area contributed by atoms with E-state index >= 15 is 0 Å². The fourth-order valence-electron chi connectivity index (χ4n) is 2.84. The van der Waals surface area contributed by atoms with Gasteiger partial charge in [0.2, 0.25) is 0 Å². The van der Waals surface area contributed by atoms with Crippen LogP contribution in [0.2, 0.25) is 0 Å². The van der Waals surface area contributed by atoms with Crippen molar-refractivity contribution in [1.29, 1.82) is 0 Å². The van der Waals surface area contributed by atoms with Gasteiger partial charge in [-0.3, -0.25) is 0 Å². The summed E-state index contributed by atoms with van der Waals surface area (Å²) < 4.78 is 10.8. The summed E-state index contributed by atoms with van der Waals surface area (Å²) in [7, 11) is 3.38. The first-order valence-corrected chi connectivity index (χ1v) is 8.92. The van der Waals surface area contributed by atoms with Gasteiger partial charge in [0.25, 0.3) is 0 Å². The highest BCUT2D eigenvalue weighted by atomic mass is 32.2. The van der Waals surface area contributed by atoms with Crippen LogP contribution in [0.25, 0.3) is 0 Å². The fraction of sp³-hybridized carbons (Fsp3) is 0.647. The van der Waals surface area contributed by atoms with E-state index in [1.54, 1.807) is 14.2 Å². The molecule has 118 valence electrons. The molecule has 1 heterocycles. The topological polar surface area (TPSA) is 30.5 Å². The maximum absolute atomic E-state index is 5.46. The van der Waals surface area contributed by atoms with E-state index in [1.165, 1.54) is 30.6 Å². The molecule has 0 radical (unpaired) electrons. The molecule has 3 nitrogen and oxygen atoms in total. The number of methoxy groups -OCH3 is 2. The zero-order valence-corrected chi connectivity index (χ0v) is 14.2. The third-order valence-corrected chi connectivity index (χ3v) is 5.43. The zero-order valence-electron chi connectivity index (χ0n) is 13.4. The van der Waals surface area contributed by atoms with Gasteiger partial charge < -0.3 is 14.8 Å². The first-order chi connectivity index (χ1) is 10.3. The molecule has 0 aliphatic carbocycles. The average molecular weight is 309 g/mol. The number of hydrogen-bond donors (Lipinski definition) is 1. The standard InChI is InChI=1S/C17H27NO2S/c1-4-10-18-17(16-7-5-6-11-21-16)13-8-9-14(19-2)15(12-13)20-3/h8-9,12,16-18H,4-7,10-11H2,1-3H3. The molecule has 0 amide bonds. The smallest absolute Gasteiger partial charge is 0.161 e. The predicted octanol–water partition coefficient (Wildman–Crippen LogP) is 4.03. The van der Waals surface area contributed by atoms with Crippen molar-refractivity contribution in [2.45, 2.75) is 43.9 Å². The van der Waals surface area contributed by atoms with Gasteiger partial charge in [0.05, 0.1) is 14.2 Å². The number of thioether (sulfide) groups is 1. The minimum Gasteiger partial charge on any atom is -0.493 e. The van der Waals surface area contributed by atoms with Gasteiger partial charge in [-0.2, -0.15) is 11.8 Å². The van der Waals surface area contributed by atoms with Crippen LogP contribution >= 0.6 is 11.8 Å². The molecule has 1 aliphatic heterocycles. The fourth-order valence-corrected chi connectivity index (χ4v) is 4.29. The number of nitrogens with one attached hydrogen (secondary N) is 1. The predicted molar refractivity (Wildman–Crippen MR) is 90.7 cm³/mol. The molecule has 1 N–H and O–H groups in total. The lowest BCUT2D eigenvalue weighted by molar-refractivity contribution is 0.353. The summed E-state index contributed by atoms with van der Waals surface area (Å²) in [6.45, 7) is 3.27. The highest BCUT2D eigenvalue weighted by molar-refractivity contribution is 8.00. The van der Waals surface area contributed by atoms with E-state index < -0.39 is 0 Å². The van der Waals surface area contributed by atoms with E-state index in [4.69, 9.17) is 9.47 Å². The molecule has 4 heteroatoms. The highest BCUT2D eigenvalue weighted by Crippen LogP contribution is 2.37. The van der Waals surface area contributed by atoms with Gasteiger partial charge in [-0.05, 0) is 49.3 Å². The Bertz CT molecular complexity index is 433.